The lowest BCUT2D eigenvalue weighted by Crippen LogP contribution is -3.08. The number of carbonyl (C=O) groups is 1. The van der Waals surface area contributed by atoms with Crippen molar-refractivity contribution in [3.63, 3.8) is 0 Å². The van der Waals surface area contributed by atoms with Gasteiger partial charge in [0.2, 0.25) is 0 Å². The Labute approximate surface area is 174 Å². The second kappa shape index (κ2) is 7.54. The number of thiophene rings is 1. The molecule has 0 fully saturated rings. The maximum absolute atomic E-state index is 12.9. The number of fused-ring (bicyclic) bond motifs is 3. The Morgan fingerprint density at radius 3 is 2.86 bits per heavy atom. The number of ether oxygens (including phenoxy) is 1. The molecule has 3 N–H and O–H groups in total. The molecule has 5 nitrogen and oxygen atoms in total. The van der Waals surface area contributed by atoms with E-state index in [1.54, 1.807) is 11.3 Å². The Bertz CT molecular complexity index is 1050. The molecule has 0 saturated heterocycles. The van der Waals surface area contributed by atoms with E-state index in [0.717, 1.165) is 47.0 Å². The van der Waals surface area contributed by atoms with Crippen molar-refractivity contribution < 1.29 is 14.4 Å². The molecular weight excluding hydrogens is 382 g/mol. The Kier molecular flexibility index (Phi) is 4.73. The Morgan fingerprint density at radius 2 is 2.00 bits per heavy atom. The molecule has 2 aromatic carbocycles. The van der Waals surface area contributed by atoms with Crippen LogP contribution in [0.3, 0.4) is 0 Å². The highest BCUT2D eigenvalue weighted by atomic mass is 32.1. The third-order valence-corrected chi connectivity index (χ3v) is 6.74. The van der Waals surface area contributed by atoms with Gasteiger partial charge in [-0.15, -0.1) is 11.3 Å². The summed E-state index contributed by atoms with van der Waals surface area (Å²) in [6.45, 7) is 2.59. The number of likely N-dealkylation sites (N-methyl/N-ethyl adjacent to an activating group) is 1. The van der Waals surface area contributed by atoms with Gasteiger partial charge in [-0.05, 0) is 28.8 Å². The SMILES string of the molecule is C[NH+]1CCc2c(sc3c2C(=O)N[C@H](c2cccc(OCc4ccccc4)c2)N3)C1. The van der Waals surface area contributed by atoms with Crippen LogP contribution in [0.15, 0.2) is 54.6 Å². The number of anilines is 1. The van der Waals surface area contributed by atoms with Crippen molar-refractivity contribution in [3.8, 4) is 5.75 Å². The monoisotopic (exact) mass is 406 g/mol. The zero-order valence-electron chi connectivity index (χ0n) is 16.3. The summed E-state index contributed by atoms with van der Waals surface area (Å²) in [7, 11) is 2.21. The van der Waals surface area contributed by atoms with Crippen LogP contribution in [0.4, 0.5) is 5.00 Å². The highest BCUT2D eigenvalue weighted by Crippen LogP contribution is 2.39. The molecule has 6 heteroatoms. The van der Waals surface area contributed by atoms with Gasteiger partial charge in [0.25, 0.3) is 5.91 Å². The van der Waals surface area contributed by atoms with Gasteiger partial charge in [0, 0.05) is 6.42 Å². The second-order valence-electron chi connectivity index (χ2n) is 7.74. The predicted octanol–water partition coefficient (Wildman–Crippen LogP) is 2.75. The van der Waals surface area contributed by atoms with Gasteiger partial charge in [0.05, 0.1) is 24.0 Å². The Hall–Kier alpha value is -2.83. The van der Waals surface area contributed by atoms with Gasteiger partial charge in [-0.3, -0.25) is 4.79 Å². The van der Waals surface area contributed by atoms with E-state index in [4.69, 9.17) is 4.74 Å². The first-order chi connectivity index (χ1) is 14.2. The minimum atomic E-state index is -0.250. The van der Waals surface area contributed by atoms with Crippen LogP contribution in [-0.2, 0) is 19.6 Å². The van der Waals surface area contributed by atoms with Crippen molar-refractivity contribution in [2.45, 2.75) is 25.7 Å². The smallest absolute Gasteiger partial charge is 0.256 e. The molecule has 3 heterocycles. The van der Waals surface area contributed by atoms with Crippen molar-refractivity contribution in [2.24, 2.45) is 0 Å². The third-order valence-electron chi connectivity index (χ3n) is 5.57. The minimum Gasteiger partial charge on any atom is -0.489 e. The largest absolute Gasteiger partial charge is 0.489 e. The van der Waals surface area contributed by atoms with Crippen LogP contribution in [0.25, 0.3) is 0 Å². The van der Waals surface area contributed by atoms with Crippen LogP contribution in [-0.4, -0.2) is 19.5 Å². The van der Waals surface area contributed by atoms with E-state index in [9.17, 15) is 4.79 Å². The van der Waals surface area contributed by atoms with Gasteiger partial charge in [0.1, 0.15) is 30.1 Å². The van der Waals surface area contributed by atoms with Crippen LogP contribution < -0.4 is 20.3 Å². The quantitative estimate of drug-likeness (QED) is 0.625. The number of hydrogen-bond acceptors (Lipinski definition) is 4. The Balaban J connectivity index is 1.35. The number of carbonyl (C=O) groups excluding carboxylic acids is 1. The normalized spacial score (nSPS) is 20.2. The first kappa shape index (κ1) is 18.2. The van der Waals surface area contributed by atoms with Gasteiger partial charge in [0.15, 0.2) is 0 Å². The van der Waals surface area contributed by atoms with Crippen LogP contribution in [0.5, 0.6) is 5.75 Å². The fourth-order valence-electron chi connectivity index (χ4n) is 4.02. The van der Waals surface area contributed by atoms with Gasteiger partial charge in [-0.2, -0.15) is 0 Å². The molecule has 0 bridgehead atoms. The highest BCUT2D eigenvalue weighted by Gasteiger charge is 2.33. The van der Waals surface area contributed by atoms with Gasteiger partial charge in [-0.1, -0.05) is 42.5 Å². The van der Waals surface area contributed by atoms with E-state index in [2.05, 4.69) is 17.7 Å². The summed E-state index contributed by atoms with van der Waals surface area (Å²) >= 11 is 1.73. The maximum Gasteiger partial charge on any atom is 0.256 e. The number of hydrogen-bond donors (Lipinski definition) is 3. The van der Waals surface area contributed by atoms with E-state index >= 15 is 0 Å². The molecule has 0 saturated carbocycles. The molecule has 5 rings (SSSR count). The van der Waals surface area contributed by atoms with E-state index < -0.39 is 0 Å². The van der Waals surface area contributed by atoms with Crippen molar-refractivity contribution in [1.82, 2.24) is 5.32 Å². The molecule has 2 atom stereocenters. The number of rotatable bonds is 4. The van der Waals surface area contributed by atoms with E-state index in [0.29, 0.717) is 6.61 Å². The summed E-state index contributed by atoms with van der Waals surface area (Å²) < 4.78 is 5.96. The predicted molar refractivity (Wildman–Crippen MR) is 115 cm³/mol. The molecule has 0 aliphatic carbocycles. The van der Waals surface area contributed by atoms with E-state index in [-0.39, 0.29) is 12.1 Å². The average molecular weight is 407 g/mol. The molecule has 148 valence electrons. The topological polar surface area (TPSA) is 54.8 Å². The Morgan fingerprint density at radius 1 is 1.14 bits per heavy atom. The van der Waals surface area contributed by atoms with Crippen LogP contribution in [0.1, 0.15) is 38.1 Å². The molecule has 0 radical (unpaired) electrons. The van der Waals surface area contributed by atoms with Gasteiger partial charge < -0.3 is 20.3 Å². The minimum absolute atomic E-state index is 0.0245. The first-order valence-electron chi connectivity index (χ1n) is 9.97. The number of quaternary nitrogens is 1. The fourth-order valence-corrected chi connectivity index (χ4v) is 5.41. The number of amides is 1. The molecule has 2 aliphatic rings. The molecule has 3 aromatic rings. The van der Waals surface area contributed by atoms with Gasteiger partial charge in [-0.25, -0.2) is 0 Å². The van der Waals surface area contributed by atoms with Crippen LogP contribution >= 0.6 is 11.3 Å². The molecule has 1 aromatic heterocycles. The standard InChI is InChI=1S/C23H23N3O2S/c1-26-11-10-18-19(13-26)29-23-20(18)22(27)24-21(25-23)16-8-5-9-17(12-16)28-14-15-6-3-2-4-7-15/h2-9,12,21,25H,10-11,13-14H2,1H3,(H,24,27)/p+1/t21-/m0/s1. The van der Waals surface area contributed by atoms with Gasteiger partial charge >= 0.3 is 0 Å². The first-order valence-corrected chi connectivity index (χ1v) is 10.8. The molecule has 29 heavy (non-hydrogen) atoms. The fraction of sp³-hybridized carbons (Fsp3) is 0.261. The molecule has 0 spiro atoms. The van der Waals surface area contributed by atoms with Crippen molar-refractivity contribution in [1.29, 1.82) is 0 Å². The lowest BCUT2D eigenvalue weighted by Gasteiger charge is -2.27. The molecule has 2 aliphatic heterocycles. The summed E-state index contributed by atoms with van der Waals surface area (Å²) in [4.78, 5) is 15.7. The summed E-state index contributed by atoms with van der Waals surface area (Å²) in [5.41, 5.74) is 4.20. The highest BCUT2D eigenvalue weighted by molar-refractivity contribution is 7.16. The van der Waals surface area contributed by atoms with E-state index in [1.165, 1.54) is 15.3 Å². The van der Waals surface area contributed by atoms with Crippen molar-refractivity contribution >= 4 is 22.2 Å². The summed E-state index contributed by atoms with van der Waals surface area (Å²) in [6.07, 6.45) is 0.718. The summed E-state index contributed by atoms with van der Waals surface area (Å²) in [5, 5.41) is 7.66. The van der Waals surface area contributed by atoms with Crippen LogP contribution in [0, 0.1) is 0 Å². The zero-order valence-corrected chi connectivity index (χ0v) is 17.1. The second-order valence-corrected chi connectivity index (χ2v) is 8.84. The number of benzene rings is 2. The zero-order chi connectivity index (χ0) is 19.8. The van der Waals surface area contributed by atoms with Crippen LogP contribution in [0.2, 0.25) is 0 Å². The molecule has 1 amide bonds. The maximum atomic E-state index is 12.9. The van der Waals surface area contributed by atoms with Crippen molar-refractivity contribution in [2.75, 3.05) is 18.9 Å². The summed E-state index contributed by atoms with van der Waals surface area (Å²) in [5.74, 6) is 0.820. The lowest BCUT2D eigenvalue weighted by molar-refractivity contribution is -0.895. The number of nitrogens with one attached hydrogen (secondary N) is 3. The third kappa shape index (κ3) is 3.61. The molecular formula is C23H24N3O2S+. The molecule has 1 unspecified atom stereocenters. The lowest BCUT2D eigenvalue weighted by atomic mass is 10.0. The summed E-state index contributed by atoms with van der Waals surface area (Å²) in [6, 6.07) is 18.0. The average Bonchev–Trinajstić information content (AvgIpc) is 3.11. The van der Waals surface area contributed by atoms with Crippen molar-refractivity contribution in [3.05, 3.63) is 81.7 Å². The van der Waals surface area contributed by atoms with E-state index in [1.807, 2.05) is 54.6 Å².